The average Bonchev–Trinajstić information content (AvgIpc) is 3.04. The van der Waals surface area contributed by atoms with Gasteiger partial charge in [0.1, 0.15) is 5.76 Å². The van der Waals surface area contributed by atoms with Crippen molar-refractivity contribution in [1.82, 2.24) is 15.2 Å². The van der Waals surface area contributed by atoms with E-state index in [4.69, 9.17) is 4.42 Å². The Labute approximate surface area is 121 Å². The van der Waals surface area contributed by atoms with Gasteiger partial charge in [0.25, 0.3) is 0 Å². The van der Waals surface area contributed by atoms with E-state index in [1.54, 1.807) is 0 Å². The van der Waals surface area contributed by atoms with Crippen molar-refractivity contribution in [3.8, 4) is 0 Å². The number of nitrogens with one attached hydrogen (secondary N) is 1. The summed E-state index contributed by atoms with van der Waals surface area (Å²) < 4.78 is 5.63. The highest BCUT2D eigenvalue weighted by Crippen LogP contribution is 2.25. The Balaban J connectivity index is 1.46. The lowest BCUT2D eigenvalue weighted by Crippen LogP contribution is -2.38. The fourth-order valence-electron chi connectivity index (χ4n) is 3.71. The minimum absolute atomic E-state index is 0.613. The highest BCUT2D eigenvalue weighted by atomic mass is 16.4. The van der Waals surface area contributed by atoms with Gasteiger partial charge in [-0.2, -0.15) is 0 Å². The molecule has 4 heteroatoms. The van der Waals surface area contributed by atoms with Crippen LogP contribution in [0.3, 0.4) is 0 Å². The van der Waals surface area contributed by atoms with Crippen LogP contribution in [0.15, 0.2) is 4.42 Å². The molecule has 1 aromatic rings. The second-order valence-electron chi connectivity index (χ2n) is 6.39. The minimum Gasteiger partial charge on any atom is -0.444 e. The molecule has 0 spiro atoms. The molecule has 0 amide bonds. The molecule has 0 bridgehead atoms. The Hall–Kier alpha value is -0.870. The molecule has 1 saturated heterocycles. The first-order valence-electron chi connectivity index (χ1n) is 8.12. The van der Waals surface area contributed by atoms with E-state index < -0.39 is 0 Å². The number of aryl methyl sites for hydroxylation is 2. The molecule has 4 nitrogen and oxygen atoms in total. The van der Waals surface area contributed by atoms with Crippen molar-refractivity contribution in [2.45, 2.75) is 71.0 Å². The zero-order chi connectivity index (χ0) is 13.9. The zero-order valence-corrected chi connectivity index (χ0v) is 12.8. The van der Waals surface area contributed by atoms with E-state index in [9.17, 15) is 0 Å². The highest BCUT2D eigenvalue weighted by Gasteiger charge is 2.28. The summed E-state index contributed by atoms with van der Waals surface area (Å²) in [5.74, 6) is 1.77. The SMILES string of the molecule is Cc1nc(C)c(CNC2CCN(C3CCCCC3)C2)o1. The van der Waals surface area contributed by atoms with Gasteiger partial charge >= 0.3 is 0 Å². The molecule has 0 radical (unpaired) electrons. The van der Waals surface area contributed by atoms with E-state index in [2.05, 4.69) is 15.2 Å². The number of oxazole rings is 1. The minimum atomic E-state index is 0.613. The Morgan fingerprint density at radius 2 is 2.00 bits per heavy atom. The van der Waals surface area contributed by atoms with E-state index >= 15 is 0 Å². The maximum absolute atomic E-state index is 5.63. The normalized spacial score (nSPS) is 25.4. The number of rotatable bonds is 4. The molecule has 20 heavy (non-hydrogen) atoms. The maximum atomic E-state index is 5.63. The van der Waals surface area contributed by atoms with Gasteiger partial charge in [0.2, 0.25) is 0 Å². The molecule has 1 aromatic heterocycles. The van der Waals surface area contributed by atoms with Crippen molar-refractivity contribution in [3.05, 3.63) is 17.3 Å². The summed E-state index contributed by atoms with van der Waals surface area (Å²) in [7, 11) is 0. The Kier molecular flexibility index (Phi) is 4.41. The van der Waals surface area contributed by atoms with Gasteiger partial charge in [-0.3, -0.25) is 4.90 Å². The van der Waals surface area contributed by atoms with Gasteiger partial charge in [-0.05, 0) is 26.2 Å². The highest BCUT2D eigenvalue weighted by molar-refractivity contribution is 5.07. The third-order valence-electron chi connectivity index (χ3n) is 4.86. The third kappa shape index (κ3) is 3.23. The number of aromatic nitrogens is 1. The van der Waals surface area contributed by atoms with Crippen LogP contribution in [-0.2, 0) is 6.54 Å². The molecule has 0 aromatic carbocycles. The molecule has 112 valence electrons. The van der Waals surface area contributed by atoms with Crippen LogP contribution in [0, 0.1) is 13.8 Å². The number of hydrogen-bond acceptors (Lipinski definition) is 4. The molecule has 1 unspecified atom stereocenters. The van der Waals surface area contributed by atoms with E-state index in [0.29, 0.717) is 6.04 Å². The molecule has 1 aliphatic heterocycles. The first-order valence-corrected chi connectivity index (χ1v) is 8.12. The summed E-state index contributed by atoms with van der Waals surface area (Å²) >= 11 is 0. The maximum Gasteiger partial charge on any atom is 0.191 e. The lowest BCUT2D eigenvalue weighted by Gasteiger charge is -2.31. The first kappa shape index (κ1) is 14.1. The van der Waals surface area contributed by atoms with Crippen LogP contribution in [-0.4, -0.2) is 35.1 Å². The largest absolute Gasteiger partial charge is 0.444 e. The predicted molar refractivity (Wildman–Crippen MR) is 79.7 cm³/mol. The van der Waals surface area contributed by atoms with E-state index in [-0.39, 0.29) is 0 Å². The zero-order valence-electron chi connectivity index (χ0n) is 12.8. The summed E-state index contributed by atoms with van der Waals surface area (Å²) in [4.78, 5) is 7.03. The summed E-state index contributed by atoms with van der Waals surface area (Å²) in [6.45, 7) is 7.22. The molecule has 1 aliphatic carbocycles. The molecule has 1 atom stereocenters. The van der Waals surface area contributed by atoms with Crippen LogP contribution in [0.2, 0.25) is 0 Å². The average molecular weight is 277 g/mol. The summed E-state index contributed by atoms with van der Waals surface area (Å²) in [6, 6.07) is 1.46. The molecule has 3 rings (SSSR count). The van der Waals surface area contributed by atoms with Gasteiger partial charge < -0.3 is 9.73 Å². The van der Waals surface area contributed by atoms with E-state index in [0.717, 1.165) is 29.9 Å². The number of likely N-dealkylation sites (tertiary alicyclic amines) is 1. The first-order chi connectivity index (χ1) is 9.72. The van der Waals surface area contributed by atoms with Gasteiger partial charge in [0, 0.05) is 32.1 Å². The monoisotopic (exact) mass is 277 g/mol. The van der Waals surface area contributed by atoms with Crippen molar-refractivity contribution in [2.24, 2.45) is 0 Å². The summed E-state index contributed by atoms with van der Waals surface area (Å²) in [5.41, 5.74) is 1.03. The molecular weight excluding hydrogens is 250 g/mol. The molecule has 1 saturated carbocycles. The van der Waals surface area contributed by atoms with E-state index in [1.165, 1.54) is 51.6 Å². The van der Waals surface area contributed by atoms with Crippen LogP contribution in [0.4, 0.5) is 0 Å². The van der Waals surface area contributed by atoms with Crippen molar-refractivity contribution < 1.29 is 4.42 Å². The fourth-order valence-corrected chi connectivity index (χ4v) is 3.71. The van der Waals surface area contributed by atoms with E-state index in [1.807, 2.05) is 13.8 Å². The Morgan fingerprint density at radius 1 is 1.20 bits per heavy atom. The molecule has 1 N–H and O–H groups in total. The number of hydrogen-bond donors (Lipinski definition) is 1. The molecule has 2 fully saturated rings. The number of nitrogens with zero attached hydrogens (tertiary/aromatic N) is 2. The Morgan fingerprint density at radius 3 is 2.70 bits per heavy atom. The smallest absolute Gasteiger partial charge is 0.191 e. The van der Waals surface area contributed by atoms with Gasteiger partial charge in [0.05, 0.1) is 12.2 Å². The predicted octanol–water partition coefficient (Wildman–Crippen LogP) is 2.79. The van der Waals surface area contributed by atoms with Gasteiger partial charge in [-0.25, -0.2) is 4.98 Å². The second-order valence-corrected chi connectivity index (χ2v) is 6.39. The van der Waals surface area contributed by atoms with Crippen molar-refractivity contribution >= 4 is 0 Å². The van der Waals surface area contributed by atoms with Crippen LogP contribution in [0.1, 0.15) is 55.9 Å². The van der Waals surface area contributed by atoms with Crippen LogP contribution < -0.4 is 5.32 Å². The molecule has 2 heterocycles. The standard InChI is InChI=1S/C16H27N3O/c1-12-16(20-13(2)18-12)10-17-14-8-9-19(11-14)15-6-4-3-5-7-15/h14-15,17H,3-11H2,1-2H3. The van der Waals surface area contributed by atoms with Crippen LogP contribution in [0.25, 0.3) is 0 Å². The fraction of sp³-hybridized carbons (Fsp3) is 0.812. The summed E-state index contributed by atoms with van der Waals surface area (Å²) in [5, 5.41) is 3.65. The second kappa shape index (κ2) is 6.27. The van der Waals surface area contributed by atoms with Crippen LogP contribution in [0.5, 0.6) is 0 Å². The Bertz CT molecular complexity index is 437. The van der Waals surface area contributed by atoms with Crippen molar-refractivity contribution in [1.29, 1.82) is 0 Å². The van der Waals surface area contributed by atoms with Gasteiger partial charge in [-0.1, -0.05) is 19.3 Å². The molecular formula is C16H27N3O. The van der Waals surface area contributed by atoms with Crippen molar-refractivity contribution in [2.75, 3.05) is 13.1 Å². The van der Waals surface area contributed by atoms with Crippen LogP contribution >= 0.6 is 0 Å². The van der Waals surface area contributed by atoms with Gasteiger partial charge in [0.15, 0.2) is 5.89 Å². The quantitative estimate of drug-likeness (QED) is 0.919. The topological polar surface area (TPSA) is 41.3 Å². The third-order valence-corrected chi connectivity index (χ3v) is 4.86. The molecule has 2 aliphatic rings. The summed E-state index contributed by atoms with van der Waals surface area (Å²) in [6.07, 6.45) is 8.38. The van der Waals surface area contributed by atoms with Crippen molar-refractivity contribution in [3.63, 3.8) is 0 Å². The van der Waals surface area contributed by atoms with Gasteiger partial charge in [-0.15, -0.1) is 0 Å². The lowest BCUT2D eigenvalue weighted by molar-refractivity contribution is 0.187. The lowest BCUT2D eigenvalue weighted by atomic mass is 9.94.